The second kappa shape index (κ2) is 14.9. The van der Waals surface area contributed by atoms with Gasteiger partial charge < -0.3 is 4.90 Å². The molecule has 0 atom stereocenters. The molecule has 0 N–H and O–H groups in total. The molecule has 3 nitrogen and oxygen atoms in total. The van der Waals surface area contributed by atoms with Crippen molar-refractivity contribution >= 4 is 17.2 Å². The molecular formula is C36H49FN2O. The van der Waals surface area contributed by atoms with Gasteiger partial charge >= 0.3 is 0 Å². The summed E-state index contributed by atoms with van der Waals surface area (Å²) in [7, 11) is 0. The minimum atomic E-state index is -0.950. The number of nitrogens with zero attached hydrogens (tertiary/aromatic N) is 2. The quantitative estimate of drug-likeness (QED) is 0.228. The highest BCUT2D eigenvalue weighted by molar-refractivity contribution is 5.81. The van der Waals surface area contributed by atoms with Gasteiger partial charge in [-0.3, -0.25) is 4.79 Å². The molecule has 3 rings (SSSR count). The van der Waals surface area contributed by atoms with E-state index in [0.717, 1.165) is 49.3 Å². The van der Waals surface area contributed by atoms with Gasteiger partial charge in [0.05, 0.1) is 0 Å². The molecule has 1 aromatic heterocycles. The Morgan fingerprint density at radius 3 is 1.93 bits per heavy atom. The Morgan fingerprint density at radius 1 is 0.900 bits per heavy atom. The van der Waals surface area contributed by atoms with E-state index in [1.807, 2.05) is 33.9 Å². The zero-order chi connectivity index (χ0) is 29.9. The van der Waals surface area contributed by atoms with Crippen molar-refractivity contribution in [2.45, 2.75) is 93.3 Å². The lowest BCUT2D eigenvalue weighted by atomic mass is 9.82. The molecule has 0 amide bonds. The first-order chi connectivity index (χ1) is 18.7. The second-order valence-corrected chi connectivity index (χ2v) is 12.2. The smallest absolute Gasteiger partial charge is 0.135 e. The van der Waals surface area contributed by atoms with Gasteiger partial charge in [-0.05, 0) is 93.8 Å². The monoisotopic (exact) mass is 544 g/mol. The van der Waals surface area contributed by atoms with Crippen LogP contribution in [0.3, 0.4) is 0 Å². The molecule has 216 valence electrons. The normalized spacial score (nSPS) is 11.4. The van der Waals surface area contributed by atoms with E-state index in [0.29, 0.717) is 6.42 Å². The lowest BCUT2D eigenvalue weighted by molar-refractivity contribution is -0.124. The zero-order valence-corrected chi connectivity index (χ0v) is 26.0. The Hall–Kier alpha value is -3.27. The van der Waals surface area contributed by atoms with E-state index in [1.54, 1.807) is 20.8 Å². The van der Waals surface area contributed by atoms with Crippen molar-refractivity contribution in [3.05, 3.63) is 101 Å². The first-order valence-corrected chi connectivity index (χ1v) is 14.4. The maximum Gasteiger partial charge on any atom is 0.135 e. The van der Waals surface area contributed by atoms with Gasteiger partial charge in [-0.15, -0.1) is 0 Å². The van der Waals surface area contributed by atoms with Crippen molar-refractivity contribution in [2.75, 3.05) is 11.4 Å². The lowest BCUT2D eigenvalue weighted by Gasteiger charge is -2.25. The maximum absolute atomic E-state index is 12.4. The van der Waals surface area contributed by atoms with E-state index < -0.39 is 5.67 Å². The number of aryl methyl sites for hydroxylation is 1. The first-order valence-electron chi connectivity index (χ1n) is 14.4. The highest BCUT2D eigenvalue weighted by atomic mass is 19.1. The molecule has 0 bridgehead atoms. The summed E-state index contributed by atoms with van der Waals surface area (Å²) >= 11 is 0. The standard InChI is InChI=1S/C30H36N2O.C6H13F/c1-22(2)28-15-16-29(31-20-28)32(21-27-9-7-23(3)8-10-27)18-17-25-11-13-26(14-12-25)19-30(5,6)24(4)33;1-4-5-6(2,3)7/h7-16,20H,1,17-19,21H2,2-6H3;4-5H2,1-3H3. The number of hydrogen-bond acceptors (Lipinski definition) is 3. The molecule has 0 aliphatic heterocycles. The fourth-order valence-electron chi connectivity index (χ4n) is 4.33. The van der Waals surface area contributed by atoms with Crippen LogP contribution in [0.4, 0.5) is 10.2 Å². The minimum Gasteiger partial charge on any atom is -0.352 e. The van der Waals surface area contributed by atoms with E-state index in [1.165, 1.54) is 22.3 Å². The summed E-state index contributed by atoms with van der Waals surface area (Å²) in [5.41, 5.74) is 5.84. The molecule has 0 fully saturated rings. The van der Waals surface area contributed by atoms with E-state index in [-0.39, 0.29) is 11.2 Å². The van der Waals surface area contributed by atoms with Gasteiger partial charge in [0, 0.05) is 24.7 Å². The highest BCUT2D eigenvalue weighted by Gasteiger charge is 2.23. The zero-order valence-electron chi connectivity index (χ0n) is 26.0. The van der Waals surface area contributed by atoms with Crippen LogP contribution in [0.25, 0.3) is 5.57 Å². The molecule has 40 heavy (non-hydrogen) atoms. The van der Waals surface area contributed by atoms with Crippen LogP contribution in [0.2, 0.25) is 0 Å². The molecular weight excluding hydrogens is 495 g/mol. The van der Waals surface area contributed by atoms with Crippen molar-refractivity contribution in [2.24, 2.45) is 5.41 Å². The number of hydrogen-bond donors (Lipinski definition) is 0. The molecule has 2 aromatic carbocycles. The van der Waals surface area contributed by atoms with Gasteiger partial charge in [0.15, 0.2) is 0 Å². The largest absolute Gasteiger partial charge is 0.352 e. The molecule has 1 heterocycles. The number of carbonyl (C=O) groups excluding carboxylic acids is 1. The molecule has 4 heteroatoms. The lowest BCUT2D eigenvalue weighted by Crippen LogP contribution is -2.26. The maximum atomic E-state index is 12.4. The number of halogens is 1. The summed E-state index contributed by atoms with van der Waals surface area (Å²) in [5.74, 6) is 1.20. The summed E-state index contributed by atoms with van der Waals surface area (Å²) in [6.45, 7) is 20.7. The molecule has 3 aromatic rings. The third kappa shape index (κ3) is 11.5. The molecule has 0 aliphatic carbocycles. The number of Topliss-reactive ketones (excluding diaryl/α,β-unsaturated/α-hetero) is 1. The predicted molar refractivity (Wildman–Crippen MR) is 170 cm³/mol. The Labute approximate surface area is 242 Å². The third-order valence-corrected chi connectivity index (χ3v) is 7.20. The van der Waals surface area contributed by atoms with Crippen LogP contribution in [-0.2, 0) is 24.2 Å². The predicted octanol–water partition coefficient (Wildman–Crippen LogP) is 9.36. The average Bonchev–Trinajstić information content (AvgIpc) is 2.88. The van der Waals surface area contributed by atoms with Crippen LogP contribution < -0.4 is 4.90 Å². The third-order valence-electron chi connectivity index (χ3n) is 7.20. The van der Waals surface area contributed by atoms with Crippen LogP contribution in [0.1, 0.15) is 89.1 Å². The van der Waals surface area contributed by atoms with Crippen molar-refractivity contribution in [3.63, 3.8) is 0 Å². The Kier molecular flexibility index (Phi) is 12.3. The summed E-state index contributed by atoms with van der Waals surface area (Å²) in [6.07, 6.45) is 5.20. The van der Waals surface area contributed by atoms with Crippen LogP contribution in [0.15, 0.2) is 73.4 Å². The summed E-state index contributed by atoms with van der Waals surface area (Å²) in [4.78, 5) is 18.9. The van der Waals surface area contributed by atoms with Gasteiger partial charge in [0.25, 0.3) is 0 Å². The van der Waals surface area contributed by atoms with Crippen LogP contribution >= 0.6 is 0 Å². The molecule has 0 saturated heterocycles. The van der Waals surface area contributed by atoms with E-state index >= 15 is 0 Å². The van der Waals surface area contributed by atoms with Gasteiger partial charge in [-0.1, -0.05) is 87.9 Å². The summed E-state index contributed by atoms with van der Waals surface area (Å²) in [6, 6.07) is 21.6. The molecule has 0 unspecified atom stereocenters. The van der Waals surface area contributed by atoms with E-state index in [4.69, 9.17) is 4.98 Å². The number of ketones is 1. The second-order valence-electron chi connectivity index (χ2n) is 12.2. The van der Waals surface area contributed by atoms with Crippen LogP contribution in [0, 0.1) is 12.3 Å². The Bertz CT molecular complexity index is 1200. The fraction of sp³-hybridized carbons (Fsp3) is 0.444. The van der Waals surface area contributed by atoms with E-state index in [9.17, 15) is 9.18 Å². The minimum absolute atomic E-state index is 0.225. The van der Waals surface area contributed by atoms with Gasteiger partial charge in [0.2, 0.25) is 0 Å². The molecule has 0 aliphatic rings. The topological polar surface area (TPSA) is 33.2 Å². The fourth-order valence-corrected chi connectivity index (χ4v) is 4.33. The number of anilines is 1. The number of pyridine rings is 1. The Balaban J connectivity index is 0.000000708. The molecule has 0 radical (unpaired) electrons. The van der Waals surface area contributed by atoms with Crippen LogP contribution in [0.5, 0.6) is 0 Å². The number of carbonyl (C=O) groups is 1. The van der Waals surface area contributed by atoms with Crippen molar-refractivity contribution in [3.8, 4) is 0 Å². The van der Waals surface area contributed by atoms with Crippen LogP contribution in [-0.4, -0.2) is 23.0 Å². The number of rotatable bonds is 12. The summed E-state index contributed by atoms with van der Waals surface area (Å²) in [5, 5.41) is 0. The van der Waals surface area contributed by atoms with Gasteiger partial charge in [-0.25, -0.2) is 9.37 Å². The van der Waals surface area contributed by atoms with Crippen molar-refractivity contribution in [1.82, 2.24) is 4.98 Å². The highest BCUT2D eigenvalue weighted by Crippen LogP contribution is 2.24. The molecule has 0 spiro atoms. The molecule has 0 saturated carbocycles. The Morgan fingerprint density at radius 2 is 1.48 bits per heavy atom. The number of benzene rings is 2. The van der Waals surface area contributed by atoms with Crippen molar-refractivity contribution < 1.29 is 9.18 Å². The number of allylic oxidation sites excluding steroid dienone is 1. The first kappa shape index (κ1) is 32.9. The average molecular weight is 545 g/mol. The summed E-state index contributed by atoms with van der Waals surface area (Å²) < 4.78 is 12.4. The van der Waals surface area contributed by atoms with Gasteiger partial charge in [0.1, 0.15) is 17.3 Å². The van der Waals surface area contributed by atoms with E-state index in [2.05, 4.69) is 79.1 Å². The van der Waals surface area contributed by atoms with Crippen molar-refractivity contribution in [1.29, 1.82) is 0 Å². The SMILES string of the molecule is C=C(C)c1ccc(N(CCc2ccc(CC(C)(C)C(C)=O)cc2)Cc2ccc(C)cc2)nc1.CCCC(C)(C)F. The van der Waals surface area contributed by atoms with Gasteiger partial charge in [-0.2, -0.15) is 0 Å². The number of aromatic nitrogens is 1. The number of alkyl halides is 1.